The molecule has 10 nitrogen and oxygen atoms in total. The van der Waals surface area contributed by atoms with Gasteiger partial charge in [-0.1, -0.05) is 61.3 Å². The summed E-state index contributed by atoms with van der Waals surface area (Å²) >= 11 is 6.08. The molecule has 276 valence electrons. The summed E-state index contributed by atoms with van der Waals surface area (Å²) in [5.41, 5.74) is 3.19. The summed E-state index contributed by atoms with van der Waals surface area (Å²) in [4.78, 5) is 58.2. The highest BCUT2D eigenvalue weighted by atomic mass is 35.5. The van der Waals surface area contributed by atoms with Crippen LogP contribution in [-0.2, 0) is 27.2 Å². The standard InChI is InChI=1S/C29H29ClF3N5O5.C9H12/c1-34-25(39)11-36-27(41)23-15-37(26(40)8-17-10-35-24-9-19(30)4-7-21(17)24)12-18-13-38(14-22(18)23)28(42)16-2-5-20(6-3-16)43-29(31,32)33;1-2-6-9-7-4-3-5-8-9/h2-7,9-10,18,22-23,35H,8,11-15H2,1H3,(H,34,39)(H,36,41);3-5,7-8H,2,6H2,1H3. The molecule has 0 aliphatic carbocycles. The lowest BCUT2D eigenvalue weighted by molar-refractivity contribution is -0.274. The van der Waals surface area contributed by atoms with Crippen LogP contribution in [0.3, 0.4) is 0 Å². The molecule has 4 aromatic rings. The van der Waals surface area contributed by atoms with Gasteiger partial charge < -0.3 is 30.2 Å². The summed E-state index contributed by atoms with van der Waals surface area (Å²) in [6, 6.07) is 20.6. The van der Waals surface area contributed by atoms with Crippen LogP contribution in [0.15, 0.2) is 79.0 Å². The van der Waals surface area contributed by atoms with E-state index in [1.54, 1.807) is 28.1 Å². The van der Waals surface area contributed by atoms with Crippen molar-refractivity contribution in [1.82, 2.24) is 25.4 Å². The van der Waals surface area contributed by atoms with Gasteiger partial charge >= 0.3 is 6.36 Å². The van der Waals surface area contributed by atoms with Crippen molar-refractivity contribution in [1.29, 1.82) is 0 Å². The van der Waals surface area contributed by atoms with Gasteiger partial charge in [0.15, 0.2) is 0 Å². The van der Waals surface area contributed by atoms with Crippen LogP contribution in [0.25, 0.3) is 10.9 Å². The van der Waals surface area contributed by atoms with Crippen molar-refractivity contribution in [3.8, 4) is 5.75 Å². The van der Waals surface area contributed by atoms with Gasteiger partial charge in [-0.2, -0.15) is 0 Å². The van der Waals surface area contributed by atoms with Gasteiger partial charge in [-0.15, -0.1) is 13.2 Å². The Hall–Kier alpha value is -5.04. The maximum absolute atomic E-state index is 13.5. The Kier molecular flexibility index (Phi) is 12.5. The Bertz CT molecular complexity index is 1870. The number of hydrogen-bond acceptors (Lipinski definition) is 5. The van der Waals surface area contributed by atoms with E-state index in [-0.39, 0.29) is 61.8 Å². The smallest absolute Gasteiger partial charge is 0.406 e. The van der Waals surface area contributed by atoms with Crippen LogP contribution in [0.5, 0.6) is 5.75 Å². The molecule has 0 spiro atoms. The number of ether oxygens (including phenoxy) is 1. The fourth-order valence-electron chi connectivity index (χ4n) is 6.80. The first-order valence-electron chi connectivity index (χ1n) is 17.1. The number of H-pyrrole nitrogens is 1. The monoisotopic (exact) mass is 739 g/mol. The van der Waals surface area contributed by atoms with E-state index in [1.807, 2.05) is 6.07 Å². The minimum atomic E-state index is -4.85. The number of benzene rings is 3. The van der Waals surface area contributed by atoms with Gasteiger partial charge in [-0.3, -0.25) is 19.2 Å². The Morgan fingerprint density at radius 1 is 0.942 bits per heavy atom. The van der Waals surface area contributed by atoms with Crippen molar-refractivity contribution in [3.05, 3.63) is 101 Å². The number of nitrogens with one attached hydrogen (secondary N) is 3. The molecular weight excluding hydrogens is 699 g/mol. The van der Waals surface area contributed by atoms with Gasteiger partial charge in [0.2, 0.25) is 17.7 Å². The molecule has 0 radical (unpaired) electrons. The zero-order chi connectivity index (χ0) is 37.4. The van der Waals surface area contributed by atoms with E-state index in [9.17, 15) is 32.3 Å². The number of aryl methyl sites for hydroxylation is 1. The number of piperidine rings is 1. The third-order valence-electron chi connectivity index (χ3n) is 9.35. The first-order valence-corrected chi connectivity index (χ1v) is 17.4. The molecule has 1 aromatic heterocycles. The van der Waals surface area contributed by atoms with Crippen LogP contribution in [0.4, 0.5) is 13.2 Å². The highest BCUT2D eigenvalue weighted by molar-refractivity contribution is 6.31. The van der Waals surface area contributed by atoms with E-state index in [4.69, 9.17) is 11.6 Å². The predicted molar refractivity (Wildman–Crippen MR) is 191 cm³/mol. The van der Waals surface area contributed by atoms with Crippen LogP contribution in [-0.4, -0.2) is 84.5 Å². The highest BCUT2D eigenvalue weighted by Gasteiger charge is 2.48. The molecule has 4 amide bonds. The Balaban J connectivity index is 0.000000507. The van der Waals surface area contributed by atoms with Gasteiger partial charge in [0.25, 0.3) is 5.91 Å². The number of carbonyl (C=O) groups excluding carboxylic acids is 4. The van der Waals surface area contributed by atoms with Crippen molar-refractivity contribution in [2.45, 2.75) is 32.5 Å². The number of hydrogen-bond donors (Lipinski definition) is 3. The Morgan fingerprint density at radius 3 is 2.33 bits per heavy atom. The van der Waals surface area contributed by atoms with Gasteiger partial charge in [0.1, 0.15) is 5.75 Å². The van der Waals surface area contributed by atoms with Crippen molar-refractivity contribution >= 4 is 46.1 Å². The molecule has 2 aliphatic heterocycles. The third kappa shape index (κ3) is 9.84. The Morgan fingerprint density at radius 2 is 1.65 bits per heavy atom. The van der Waals surface area contributed by atoms with Crippen LogP contribution in [0, 0.1) is 17.8 Å². The largest absolute Gasteiger partial charge is 0.573 e. The summed E-state index contributed by atoms with van der Waals surface area (Å²) in [6.07, 6.45) is -0.569. The lowest BCUT2D eigenvalue weighted by Gasteiger charge is -2.39. The van der Waals surface area contributed by atoms with Crippen molar-refractivity contribution in [2.24, 2.45) is 17.8 Å². The van der Waals surface area contributed by atoms with E-state index in [2.05, 4.69) is 57.6 Å². The van der Waals surface area contributed by atoms with Crippen LogP contribution < -0.4 is 15.4 Å². The number of alkyl halides is 3. The number of carbonyl (C=O) groups is 4. The zero-order valence-electron chi connectivity index (χ0n) is 28.8. The lowest BCUT2D eigenvalue weighted by atomic mass is 9.79. The molecule has 3 aromatic carbocycles. The fraction of sp³-hybridized carbons (Fsp3) is 0.368. The van der Waals surface area contributed by atoms with Crippen molar-refractivity contribution in [3.63, 3.8) is 0 Å². The van der Waals surface area contributed by atoms with Crippen molar-refractivity contribution in [2.75, 3.05) is 39.8 Å². The number of aromatic amines is 1. The summed E-state index contributed by atoms with van der Waals surface area (Å²) in [6.45, 7) is 2.86. The van der Waals surface area contributed by atoms with E-state index in [1.165, 1.54) is 37.6 Å². The molecular formula is C38H41ClF3N5O5. The molecule has 6 rings (SSSR count). The lowest BCUT2D eigenvalue weighted by Crippen LogP contribution is -2.54. The number of likely N-dealkylation sites (tertiary alicyclic amines) is 2. The average molecular weight is 740 g/mol. The molecule has 3 atom stereocenters. The molecule has 3 unspecified atom stereocenters. The number of likely N-dealkylation sites (N-methyl/N-ethyl adjacent to an activating group) is 1. The van der Waals surface area contributed by atoms with E-state index < -0.39 is 29.8 Å². The Labute approximate surface area is 304 Å². The second-order valence-electron chi connectivity index (χ2n) is 12.9. The van der Waals surface area contributed by atoms with Gasteiger partial charge in [-0.05, 0) is 65.8 Å². The normalized spacial score (nSPS) is 18.2. The van der Waals surface area contributed by atoms with Gasteiger partial charge in [0.05, 0.1) is 18.9 Å². The first-order chi connectivity index (χ1) is 24.8. The number of halogens is 4. The molecule has 2 saturated heterocycles. The van der Waals surface area contributed by atoms with Crippen molar-refractivity contribution < 1.29 is 37.1 Å². The molecule has 0 bridgehead atoms. The summed E-state index contributed by atoms with van der Waals surface area (Å²) in [7, 11) is 1.45. The number of amides is 4. The first kappa shape index (κ1) is 38.2. The minimum Gasteiger partial charge on any atom is -0.406 e. The topological polar surface area (TPSA) is 124 Å². The van der Waals surface area contributed by atoms with E-state index in [0.29, 0.717) is 11.6 Å². The number of nitrogens with zero attached hydrogens (tertiary/aromatic N) is 2. The third-order valence-corrected chi connectivity index (χ3v) is 9.58. The van der Waals surface area contributed by atoms with E-state index >= 15 is 0 Å². The SMILES string of the molecule is CCCc1ccccc1.CNC(=O)CNC(=O)C1CN(C(=O)Cc2c[nH]c3cc(Cl)ccc23)CC2CN(C(=O)c3ccc(OC(F)(F)F)cc3)CC21. The molecule has 2 fully saturated rings. The van der Waals surface area contributed by atoms with Crippen LogP contribution in [0.2, 0.25) is 5.02 Å². The maximum atomic E-state index is 13.5. The number of fused-ring (bicyclic) bond motifs is 2. The zero-order valence-corrected chi connectivity index (χ0v) is 29.6. The molecule has 3 N–H and O–H groups in total. The number of rotatable bonds is 9. The molecule has 14 heteroatoms. The average Bonchev–Trinajstić information content (AvgIpc) is 3.74. The highest BCUT2D eigenvalue weighted by Crippen LogP contribution is 2.37. The van der Waals surface area contributed by atoms with Crippen LogP contribution in [0.1, 0.15) is 34.8 Å². The fourth-order valence-corrected chi connectivity index (χ4v) is 6.98. The summed E-state index contributed by atoms with van der Waals surface area (Å²) in [5.74, 6) is -3.03. The second kappa shape index (κ2) is 17.0. The summed E-state index contributed by atoms with van der Waals surface area (Å²) in [5, 5.41) is 6.50. The van der Waals surface area contributed by atoms with E-state index in [0.717, 1.165) is 28.6 Å². The van der Waals surface area contributed by atoms with Gasteiger partial charge in [0, 0.05) is 60.9 Å². The minimum absolute atomic E-state index is 0.0839. The maximum Gasteiger partial charge on any atom is 0.573 e. The van der Waals surface area contributed by atoms with Crippen LogP contribution >= 0.6 is 11.6 Å². The number of aromatic nitrogens is 1. The molecule has 52 heavy (non-hydrogen) atoms. The molecule has 2 aliphatic rings. The molecule has 3 heterocycles. The predicted octanol–water partition coefficient (Wildman–Crippen LogP) is 5.61. The summed E-state index contributed by atoms with van der Waals surface area (Å²) < 4.78 is 41.5. The van der Waals surface area contributed by atoms with Gasteiger partial charge in [-0.25, -0.2) is 0 Å². The quantitative estimate of drug-likeness (QED) is 0.206. The second-order valence-corrected chi connectivity index (χ2v) is 13.4. The molecule has 0 saturated carbocycles.